The molecule has 7 nitrogen and oxygen atoms in total. The Balaban J connectivity index is 1.58. The van der Waals surface area contributed by atoms with E-state index < -0.39 is 0 Å². The number of amidine groups is 1. The van der Waals surface area contributed by atoms with Crippen molar-refractivity contribution in [1.29, 1.82) is 0 Å². The maximum absolute atomic E-state index is 6.29. The minimum Gasteiger partial charge on any atom is -0.491 e. The second-order valence-corrected chi connectivity index (χ2v) is 6.45. The molecule has 3 rings (SSSR count). The van der Waals surface area contributed by atoms with Crippen molar-refractivity contribution in [1.82, 2.24) is 10.2 Å². The van der Waals surface area contributed by atoms with Crippen LogP contribution in [0.3, 0.4) is 0 Å². The Hall–Kier alpha value is -1.99. The van der Waals surface area contributed by atoms with Crippen LogP contribution in [-0.2, 0) is 4.74 Å². The molecular formula is C18H28N4O3. The highest BCUT2D eigenvalue weighted by molar-refractivity contribution is 6.05. The summed E-state index contributed by atoms with van der Waals surface area (Å²) in [6, 6.07) is 4.18. The van der Waals surface area contributed by atoms with Crippen molar-refractivity contribution in [2.75, 3.05) is 58.8 Å². The van der Waals surface area contributed by atoms with Crippen molar-refractivity contribution in [3.05, 3.63) is 17.7 Å². The summed E-state index contributed by atoms with van der Waals surface area (Å²) in [4.78, 5) is 6.89. The maximum Gasteiger partial charge on any atom is 0.184 e. The van der Waals surface area contributed by atoms with Gasteiger partial charge in [0, 0.05) is 31.2 Å². The topological polar surface area (TPSA) is 81.3 Å². The Morgan fingerprint density at radius 2 is 2.16 bits per heavy atom. The summed E-state index contributed by atoms with van der Waals surface area (Å²) in [5.41, 5.74) is 7.72. The van der Waals surface area contributed by atoms with Crippen molar-refractivity contribution in [2.45, 2.75) is 19.4 Å². The Bertz CT molecular complexity index is 615. The Morgan fingerprint density at radius 1 is 1.36 bits per heavy atom. The number of nitrogens with one attached hydrogen (secondary N) is 1. The van der Waals surface area contributed by atoms with E-state index in [-0.39, 0.29) is 0 Å². The number of methoxy groups -OCH3 is 1. The van der Waals surface area contributed by atoms with Crippen LogP contribution in [0.2, 0.25) is 0 Å². The number of nitrogens with two attached hydrogens (primary N) is 1. The van der Waals surface area contributed by atoms with Gasteiger partial charge in [-0.3, -0.25) is 9.89 Å². The summed E-state index contributed by atoms with van der Waals surface area (Å²) in [6.07, 6.45) is 0.955. The summed E-state index contributed by atoms with van der Waals surface area (Å²) in [5.74, 6) is 2.08. The van der Waals surface area contributed by atoms with Gasteiger partial charge in [-0.05, 0) is 25.5 Å². The highest BCUT2D eigenvalue weighted by Crippen LogP contribution is 2.36. The van der Waals surface area contributed by atoms with E-state index in [1.807, 2.05) is 12.1 Å². The molecule has 25 heavy (non-hydrogen) atoms. The average Bonchev–Trinajstić information content (AvgIpc) is 3.06. The summed E-state index contributed by atoms with van der Waals surface area (Å²) in [7, 11) is 1.61. The summed E-state index contributed by atoms with van der Waals surface area (Å²) < 4.78 is 16.8. The van der Waals surface area contributed by atoms with Crippen molar-refractivity contribution >= 4 is 11.5 Å². The molecule has 0 amide bonds. The molecule has 0 radical (unpaired) electrons. The van der Waals surface area contributed by atoms with Crippen LogP contribution in [0.1, 0.15) is 18.9 Å². The van der Waals surface area contributed by atoms with E-state index in [9.17, 15) is 0 Å². The van der Waals surface area contributed by atoms with Crippen LogP contribution >= 0.6 is 0 Å². The van der Waals surface area contributed by atoms with Gasteiger partial charge in [0.05, 0.1) is 39.2 Å². The predicted octanol–water partition coefficient (Wildman–Crippen LogP) is 1.12. The van der Waals surface area contributed by atoms with Gasteiger partial charge >= 0.3 is 0 Å². The van der Waals surface area contributed by atoms with E-state index in [1.165, 1.54) is 0 Å². The lowest BCUT2D eigenvalue weighted by Crippen LogP contribution is -2.37. The number of nitrogens with zero attached hydrogens (tertiary/aromatic N) is 2. The standard InChI is InChI=1S/C18H28N4O3/c1-13-12-20-18(21-13)14-4-5-15(17(23-2)16(14)19)25-9-3-6-22-7-10-24-11-8-22/h4-5,13H,3,6-12,19H2,1-2H3,(H,20,21). The highest BCUT2D eigenvalue weighted by atomic mass is 16.5. The van der Waals surface area contributed by atoms with Crippen molar-refractivity contribution in [2.24, 2.45) is 4.99 Å². The van der Waals surface area contributed by atoms with Crippen LogP contribution in [0.5, 0.6) is 11.5 Å². The third kappa shape index (κ3) is 4.35. The number of aliphatic imine (C=N–C) groups is 1. The molecular weight excluding hydrogens is 320 g/mol. The molecule has 1 saturated heterocycles. The molecule has 0 saturated carbocycles. The third-order valence-electron chi connectivity index (χ3n) is 4.51. The zero-order valence-electron chi connectivity index (χ0n) is 15.1. The second kappa shape index (κ2) is 8.40. The molecule has 1 fully saturated rings. The number of hydrogen-bond donors (Lipinski definition) is 2. The van der Waals surface area contributed by atoms with E-state index in [4.69, 9.17) is 19.9 Å². The SMILES string of the molecule is COc1c(OCCCN2CCOCC2)ccc(C2=NCC(C)N2)c1N. The molecule has 1 aromatic carbocycles. The number of benzene rings is 1. The summed E-state index contributed by atoms with van der Waals surface area (Å²) in [5, 5.41) is 3.33. The first kappa shape index (κ1) is 17.8. The smallest absolute Gasteiger partial charge is 0.184 e. The van der Waals surface area contributed by atoms with Crippen LogP contribution in [-0.4, -0.2) is 69.9 Å². The minimum atomic E-state index is 0.330. The summed E-state index contributed by atoms with van der Waals surface area (Å²) in [6.45, 7) is 8.14. The molecule has 1 aromatic rings. The van der Waals surface area contributed by atoms with Crippen LogP contribution in [0.4, 0.5) is 5.69 Å². The van der Waals surface area contributed by atoms with Gasteiger partial charge < -0.3 is 25.3 Å². The van der Waals surface area contributed by atoms with Gasteiger partial charge in [-0.1, -0.05) is 0 Å². The van der Waals surface area contributed by atoms with E-state index >= 15 is 0 Å². The van der Waals surface area contributed by atoms with Crippen LogP contribution < -0.4 is 20.5 Å². The average molecular weight is 348 g/mol. The number of morpholine rings is 1. The quantitative estimate of drug-likeness (QED) is 0.568. The van der Waals surface area contributed by atoms with E-state index in [1.54, 1.807) is 7.11 Å². The van der Waals surface area contributed by atoms with E-state index in [2.05, 4.69) is 22.1 Å². The zero-order chi connectivity index (χ0) is 17.6. The molecule has 2 heterocycles. The molecule has 7 heteroatoms. The first-order valence-electron chi connectivity index (χ1n) is 8.89. The van der Waals surface area contributed by atoms with Gasteiger partial charge in [-0.25, -0.2) is 0 Å². The predicted molar refractivity (Wildman–Crippen MR) is 98.8 cm³/mol. The molecule has 3 N–H and O–H groups in total. The van der Waals surface area contributed by atoms with Gasteiger partial charge in [0.15, 0.2) is 11.5 Å². The Kier molecular flexibility index (Phi) is 5.99. The molecule has 0 bridgehead atoms. The van der Waals surface area contributed by atoms with Gasteiger partial charge in [0.1, 0.15) is 5.84 Å². The summed E-state index contributed by atoms with van der Waals surface area (Å²) >= 11 is 0. The van der Waals surface area contributed by atoms with Gasteiger partial charge in [0.2, 0.25) is 0 Å². The Morgan fingerprint density at radius 3 is 2.84 bits per heavy atom. The second-order valence-electron chi connectivity index (χ2n) is 6.45. The van der Waals surface area contributed by atoms with Gasteiger partial charge in [-0.2, -0.15) is 0 Å². The molecule has 138 valence electrons. The fourth-order valence-corrected chi connectivity index (χ4v) is 3.12. The first-order valence-corrected chi connectivity index (χ1v) is 8.89. The normalized spacial score (nSPS) is 20.9. The maximum atomic E-state index is 6.29. The van der Waals surface area contributed by atoms with Gasteiger partial charge in [-0.15, -0.1) is 0 Å². The number of rotatable bonds is 7. The largest absolute Gasteiger partial charge is 0.491 e. The number of anilines is 1. The fourth-order valence-electron chi connectivity index (χ4n) is 3.12. The molecule has 0 aliphatic carbocycles. The monoisotopic (exact) mass is 348 g/mol. The molecule has 0 spiro atoms. The van der Waals surface area contributed by atoms with E-state index in [0.717, 1.165) is 57.2 Å². The van der Waals surface area contributed by atoms with E-state index in [0.29, 0.717) is 29.8 Å². The lowest BCUT2D eigenvalue weighted by atomic mass is 10.1. The Labute approximate surface area is 149 Å². The van der Waals surface area contributed by atoms with Crippen LogP contribution in [0.15, 0.2) is 17.1 Å². The lowest BCUT2D eigenvalue weighted by Gasteiger charge is -2.26. The van der Waals surface area contributed by atoms with Crippen molar-refractivity contribution in [3.8, 4) is 11.5 Å². The highest BCUT2D eigenvalue weighted by Gasteiger charge is 2.20. The molecule has 1 atom stereocenters. The number of ether oxygens (including phenoxy) is 3. The molecule has 1 unspecified atom stereocenters. The lowest BCUT2D eigenvalue weighted by molar-refractivity contribution is 0.0357. The first-order chi connectivity index (χ1) is 12.2. The van der Waals surface area contributed by atoms with Gasteiger partial charge in [0.25, 0.3) is 0 Å². The van der Waals surface area contributed by atoms with Crippen LogP contribution in [0.25, 0.3) is 0 Å². The molecule has 2 aliphatic rings. The minimum absolute atomic E-state index is 0.330. The molecule has 2 aliphatic heterocycles. The number of nitrogen functional groups attached to an aromatic ring is 1. The molecule has 0 aromatic heterocycles. The third-order valence-corrected chi connectivity index (χ3v) is 4.51. The zero-order valence-corrected chi connectivity index (χ0v) is 15.1. The fraction of sp³-hybridized carbons (Fsp3) is 0.611. The van der Waals surface area contributed by atoms with Crippen molar-refractivity contribution in [3.63, 3.8) is 0 Å². The van der Waals surface area contributed by atoms with Crippen LogP contribution in [0, 0.1) is 0 Å². The number of hydrogen-bond acceptors (Lipinski definition) is 7. The van der Waals surface area contributed by atoms with Crippen molar-refractivity contribution < 1.29 is 14.2 Å².